The first-order valence-corrected chi connectivity index (χ1v) is 6.92. The van der Waals surface area contributed by atoms with Gasteiger partial charge in [0.15, 0.2) is 5.82 Å². The molecule has 1 aromatic carbocycles. The van der Waals surface area contributed by atoms with Gasteiger partial charge in [-0.1, -0.05) is 6.07 Å². The van der Waals surface area contributed by atoms with Gasteiger partial charge in [-0.3, -0.25) is 4.79 Å². The van der Waals surface area contributed by atoms with E-state index in [1.165, 1.54) is 23.7 Å². The molecular weight excluding hydrogens is 306 g/mol. The van der Waals surface area contributed by atoms with Crippen molar-refractivity contribution in [3.05, 3.63) is 51.9 Å². The number of nitrogens with zero attached hydrogens (tertiary/aromatic N) is 2. The average Bonchev–Trinajstić information content (AvgIpc) is 2.88. The van der Waals surface area contributed by atoms with Crippen LogP contribution in [0.1, 0.15) is 27.9 Å². The van der Waals surface area contributed by atoms with Gasteiger partial charge < -0.3 is 5.32 Å². The quantitative estimate of drug-likeness (QED) is 0.926. The number of fused-ring (bicyclic) bond motifs is 1. The maximum Gasteiger partial charge on any atom is 0.256 e. The summed E-state index contributed by atoms with van der Waals surface area (Å²) in [4.78, 5) is 20.2. The standard InChI is InChI=1S/C14H12BrN3O/c15-12-7-17-13(8-16-12)18-14(19)11-5-4-9-2-1-3-10(9)6-11/h4-8H,1-3H2,(H,17,18,19). The van der Waals surface area contributed by atoms with E-state index in [0.29, 0.717) is 16.0 Å². The molecule has 1 aliphatic carbocycles. The van der Waals surface area contributed by atoms with E-state index < -0.39 is 0 Å². The fourth-order valence-electron chi connectivity index (χ4n) is 2.28. The van der Waals surface area contributed by atoms with Crippen LogP contribution in [0.2, 0.25) is 0 Å². The number of nitrogens with one attached hydrogen (secondary N) is 1. The predicted molar refractivity (Wildman–Crippen MR) is 76.2 cm³/mol. The van der Waals surface area contributed by atoms with E-state index in [0.717, 1.165) is 12.8 Å². The Hall–Kier alpha value is -1.75. The van der Waals surface area contributed by atoms with Gasteiger partial charge in [-0.05, 0) is 58.5 Å². The molecule has 96 valence electrons. The minimum Gasteiger partial charge on any atom is -0.305 e. The molecular formula is C14H12BrN3O. The zero-order chi connectivity index (χ0) is 13.2. The molecule has 1 heterocycles. The molecule has 0 saturated heterocycles. The fourth-order valence-corrected chi connectivity index (χ4v) is 2.48. The van der Waals surface area contributed by atoms with Gasteiger partial charge in [0.25, 0.3) is 5.91 Å². The van der Waals surface area contributed by atoms with Crippen LogP contribution in [-0.2, 0) is 12.8 Å². The topological polar surface area (TPSA) is 54.9 Å². The first-order chi connectivity index (χ1) is 9.22. The summed E-state index contributed by atoms with van der Waals surface area (Å²) >= 11 is 3.20. The highest BCUT2D eigenvalue weighted by Gasteiger charge is 2.14. The second kappa shape index (κ2) is 5.09. The Labute approximate surface area is 119 Å². The van der Waals surface area contributed by atoms with E-state index in [9.17, 15) is 4.79 Å². The Morgan fingerprint density at radius 3 is 2.79 bits per heavy atom. The van der Waals surface area contributed by atoms with Gasteiger partial charge in [0, 0.05) is 5.56 Å². The van der Waals surface area contributed by atoms with Crippen LogP contribution in [0.3, 0.4) is 0 Å². The van der Waals surface area contributed by atoms with Crippen LogP contribution in [-0.4, -0.2) is 15.9 Å². The number of carbonyl (C=O) groups is 1. The zero-order valence-corrected chi connectivity index (χ0v) is 11.8. The van der Waals surface area contributed by atoms with Crippen LogP contribution in [0.4, 0.5) is 5.82 Å². The van der Waals surface area contributed by atoms with Gasteiger partial charge >= 0.3 is 0 Å². The summed E-state index contributed by atoms with van der Waals surface area (Å²) in [6.07, 6.45) is 6.44. The number of halogens is 1. The summed E-state index contributed by atoms with van der Waals surface area (Å²) in [7, 11) is 0. The van der Waals surface area contributed by atoms with Gasteiger partial charge in [-0.15, -0.1) is 0 Å². The molecule has 0 bridgehead atoms. The molecule has 0 fully saturated rings. The second-order valence-corrected chi connectivity index (χ2v) is 5.33. The molecule has 1 amide bonds. The van der Waals surface area contributed by atoms with Gasteiger partial charge in [0.2, 0.25) is 0 Å². The van der Waals surface area contributed by atoms with Gasteiger partial charge in [-0.2, -0.15) is 0 Å². The van der Waals surface area contributed by atoms with Crippen molar-refractivity contribution >= 4 is 27.7 Å². The van der Waals surface area contributed by atoms with Crippen LogP contribution in [0, 0.1) is 0 Å². The van der Waals surface area contributed by atoms with E-state index in [1.54, 1.807) is 6.20 Å². The van der Waals surface area contributed by atoms with E-state index in [1.807, 2.05) is 18.2 Å². The van der Waals surface area contributed by atoms with Crippen molar-refractivity contribution in [1.82, 2.24) is 9.97 Å². The summed E-state index contributed by atoms with van der Waals surface area (Å²) in [5.74, 6) is 0.306. The molecule has 0 unspecified atom stereocenters. The molecule has 3 rings (SSSR count). The fraction of sp³-hybridized carbons (Fsp3) is 0.214. The molecule has 0 spiro atoms. The second-order valence-electron chi connectivity index (χ2n) is 4.52. The molecule has 1 aliphatic rings. The van der Waals surface area contributed by atoms with Crippen molar-refractivity contribution in [2.45, 2.75) is 19.3 Å². The Morgan fingerprint density at radius 1 is 1.16 bits per heavy atom. The maximum absolute atomic E-state index is 12.1. The molecule has 1 aromatic heterocycles. The molecule has 1 N–H and O–H groups in total. The zero-order valence-electron chi connectivity index (χ0n) is 10.2. The molecule has 5 heteroatoms. The number of benzene rings is 1. The smallest absolute Gasteiger partial charge is 0.256 e. The van der Waals surface area contributed by atoms with E-state index in [4.69, 9.17) is 0 Å². The lowest BCUT2D eigenvalue weighted by Gasteiger charge is -2.06. The van der Waals surface area contributed by atoms with Crippen LogP contribution in [0.5, 0.6) is 0 Å². The van der Waals surface area contributed by atoms with Crippen LogP contribution in [0.25, 0.3) is 0 Å². The molecule has 2 aromatic rings. The summed E-state index contributed by atoms with van der Waals surface area (Å²) in [5.41, 5.74) is 3.32. The lowest BCUT2D eigenvalue weighted by atomic mass is 10.1. The Bertz CT molecular complexity index is 625. The Morgan fingerprint density at radius 2 is 2.00 bits per heavy atom. The van der Waals surface area contributed by atoms with Crippen molar-refractivity contribution in [3.8, 4) is 0 Å². The summed E-state index contributed by atoms with van der Waals surface area (Å²) in [5, 5.41) is 2.74. The first-order valence-electron chi connectivity index (χ1n) is 6.13. The molecule has 0 atom stereocenters. The summed E-state index contributed by atoms with van der Waals surface area (Å²) < 4.78 is 0.642. The Balaban J connectivity index is 1.78. The molecule has 4 nitrogen and oxygen atoms in total. The molecule has 0 saturated carbocycles. The van der Waals surface area contributed by atoms with Crippen LogP contribution in [0.15, 0.2) is 35.2 Å². The van der Waals surface area contributed by atoms with Crippen molar-refractivity contribution in [2.75, 3.05) is 5.32 Å². The van der Waals surface area contributed by atoms with Crippen LogP contribution < -0.4 is 5.32 Å². The molecule has 0 radical (unpaired) electrons. The average molecular weight is 318 g/mol. The van der Waals surface area contributed by atoms with Crippen molar-refractivity contribution in [2.24, 2.45) is 0 Å². The van der Waals surface area contributed by atoms with Crippen molar-refractivity contribution in [1.29, 1.82) is 0 Å². The van der Waals surface area contributed by atoms with Gasteiger partial charge in [0.05, 0.1) is 12.4 Å². The maximum atomic E-state index is 12.1. The highest BCUT2D eigenvalue weighted by Crippen LogP contribution is 2.23. The minimum atomic E-state index is -0.147. The van der Waals surface area contributed by atoms with E-state index >= 15 is 0 Å². The van der Waals surface area contributed by atoms with Gasteiger partial charge in [0.1, 0.15) is 4.60 Å². The third-order valence-electron chi connectivity index (χ3n) is 3.22. The SMILES string of the molecule is O=C(Nc1cnc(Br)cn1)c1ccc2c(c1)CCC2. The van der Waals surface area contributed by atoms with Crippen molar-refractivity contribution < 1.29 is 4.79 Å². The van der Waals surface area contributed by atoms with E-state index in [-0.39, 0.29) is 5.91 Å². The predicted octanol–water partition coefficient (Wildman–Crippen LogP) is 2.98. The number of hydrogen-bond acceptors (Lipinski definition) is 3. The highest BCUT2D eigenvalue weighted by atomic mass is 79.9. The number of rotatable bonds is 2. The molecule has 19 heavy (non-hydrogen) atoms. The largest absolute Gasteiger partial charge is 0.305 e. The summed E-state index contributed by atoms with van der Waals surface area (Å²) in [6.45, 7) is 0. The first kappa shape index (κ1) is 12.3. The monoisotopic (exact) mass is 317 g/mol. The number of amides is 1. The number of aromatic nitrogens is 2. The molecule has 0 aliphatic heterocycles. The van der Waals surface area contributed by atoms with Gasteiger partial charge in [-0.25, -0.2) is 9.97 Å². The Kier molecular flexibility index (Phi) is 3.29. The van der Waals surface area contributed by atoms with Crippen LogP contribution >= 0.6 is 15.9 Å². The lowest BCUT2D eigenvalue weighted by molar-refractivity contribution is 0.102. The number of aryl methyl sites for hydroxylation is 2. The normalized spacial score (nSPS) is 13.1. The number of hydrogen-bond donors (Lipinski definition) is 1. The lowest BCUT2D eigenvalue weighted by Crippen LogP contribution is -2.13. The van der Waals surface area contributed by atoms with E-state index in [2.05, 4.69) is 31.2 Å². The number of anilines is 1. The third kappa shape index (κ3) is 2.66. The number of carbonyl (C=O) groups excluding carboxylic acids is 1. The minimum absolute atomic E-state index is 0.147. The third-order valence-corrected chi connectivity index (χ3v) is 3.63. The highest BCUT2D eigenvalue weighted by molar-refractivity contribution is 9.10. The van der Waals surface area contributed by atoms with Crippen molar-refractivity contribution in [3.63, 3.8) is 0 Å². The summed E-state index contributed by atoms with van der Waals surface area (Å²) in [6, 6.07) is 5.89.